The lowest BCUT2D eigenvalue weighted by Gasteiger charge is -2.10. The number of carbonyl (C=O) groups excluding carboxylic acids is 2. The van der Waals surface area contributed by atoms with Gasteiger partial charge < -0.3 is 9.47 Å². The van der Waals surface area contributed by atoms with E-state index in [9.17, 15) is 9.59 Å². The van der Waals surface area contributed by atoms with E-state index in [1.807, 2.05) is 6.07 Å². The molecule has 5 heteroatoms. The van der Waals surface area contributed by atoms with Crippen LogP contribution in [0.15, 0.2) is 48.5 Å². The zero-order valence-electron chi connectivity index (χ0n) is 11.9. The second-order valence-corrected chi connectivity index (χ2v) is 4.42. The molecule has 0 aromatic heterocycles. The van der Waals surface area contributed by atoms with Crippen LogP contribution in [0.4, 0.5) is 0 Å². The average Bonchev–Trinajstić information content (AvgIpc) is 2.53. The number of ether oxygens (including phenoxy) is 2. The molecule has 0 N–H and O–H groups in total. The predicted octanol–water partition coefficient (Wildman–Crippen LogP) is 3.01. The molecule has 0 radical (unpaired) electrons. The zero-order valence-corrected chi connectivity index (χ0v) is 11.9. The lowest BCUT2D eigenvalue weighted by atomic mass is 10.1. The van der Waals surface area contributed by atoms with E-state index in [4.69, 9.17) is 14.7 Å². The highest BCUT2D eigenvalue weighted by Crippen LogP contribution is 2.26. The quantitative estimate of drug-likeness (QED) is 0.481. The molecule has 0 unspecified atom stereocenters. The molecule has 22 heavy (non-hydrogen) atoms. The minimum atomic E-state index is -0.569. The van der Waals surface area contributed by atoms with Crippen LogP contribution in [-0.4, -0.2) is 18.4 Å². The van der Waals surface area contributed by atoms with Crippen molar-refractivity contribution in [2.75, 3.05) is 6.61 Å². The number of nitrogens with zero attached hydrogens (tertiary/aromatic N) is 1. The number of ketones is 1. The summed E-state index contributed by atoms with van der Waals surface area (Å²) in [4.78, 5) is 23.7. The predicted molar refractivity (Wildman–Crippen MR) is 79.0 cm³/mol. The summed E-state index contributed by atoms with van der Waals surface area (Å²) in [5.41, 5.74) is 0.647. The molecule has 0 saturated carbocycles. The molecule has 0 aliphatic carbocycles. The summed E-state index contributed by atoms with van der Waals surface area (Å²) >= 11 is 0. The molecule has 2 aromatic carbocycles. The second kappa shape index (κ2) is 7.04. The Bertz CT molecular complexity index is 732. The highest BCUT2D eigenvalue weighted by molar-refractivity contribution is 5.99. The number of Topliss-reactive ketones (excluding diaryl/α,β-unsaturated/α-hetero) is 1. The summed E-state index contributed by atoms with van der Waals surface area (Å²) in [6.45, 7) is 1.25. The van der Waals surface area contributed by atoms with Gasteiger partial charge in [0.15, 0.2) is 12.4 Å². The van der Waals surface area contributed by atoms with Crippen molar-refractivity contribution in [1.82, 2.24) is 0 Å². The lowest BCUT2D eigenvalue weighted by molar-refractivity contribution is 0.0732. The van der Waals surface area contributed by atoms with Gasteiger partial charge in [-0.25, -0.2) is 4.79 Å². The highest BCUT2D eigenvalue weighted by Gasteiger charge is 2.15. The molecule has 0 bridgehead atoms. The van der Waals surface area contributed by atoms with Crippen LogP contribution in [-0.2, 0) is 0 Å². The van der Waals surface area contributed by atoms with E-state index < -0.39 is 5.97 Å². The first-order valence-corrected chi connectivity index (χ1v) is 6.54. The van der Waals surface area contributed by atoms with Gasteiger partial charge in [-0.05, 0) is 31.2 Å². The maximum Gasteiger partial charge on any atom is 0.343 e. The maximum absolute atomic E-state index is 12.1. The largest absolute Gasteiger partial charge is 0.479 e. The molecule has 2 rings (SSSR count). The maximum atomic E-state index is 12.1. The summed E-state index contributed by atoms with van der Waals surface area (Å²) < 4.78 is 10.4. The monoisotopic (exact) mass is 295 g/mol. The van der Waals surface area contributed by atoms with Crippen LogP contribution in [0, 0.1) is 11.3 Å². The molecule has 110 valence electrons. The summed E-state index contributed by atoms with van der Waals surface area (Å²) in [6.07, 6.45) is 0. The molecule has 0 fully saturated rings. The number of carbonyl (C=O) groups is 2. The van der Waals surface area contributed by atoms with Crippen LogP contribution in [0.3, 0.4) is 0 Å². The molecule has 0 spiro atoms. The Hall–Kier alpha value is -3.13. The van der Waals surface area contributed by atoms with E-state index in [-0.39, 0.29) is 23.7 Å². The van der Waals surface area contributed by atoms with Gasteiger partial charge in [-0.15, -0.1) is 0 Å². The van der Waals surface area contributed by atoms with Crippen LogP contribution in [0.5, 0.6) is 11.5 Å². The summed E-state index contributed by atoms with van der Waals surface area (Å²) in [5, 5.41) is 8.52. The van der Waals surface area contributed by atoms with Gasteiger partial charge in [0.1, 0.15) is 17.6 Å². The minimum Gasteiger partial charge on any atom is -0.479 e. The Morgan fingerprint density at radius 1 is 1.14 bits per heavy atom. The van der Waals surface area contributed by atoms with Gasteiger partial charge in [0.2, 0.25) is 0 Å². The van der Waals surface area contributed by atoms with Crippen molar-refractivity contribution in [3.8, 4) is 17.6 Å². The number of hydrogen-bond acceptors (Lipinski definition) is 5. The topological polar surface area (TPSA) is 76.4 Å². The average molecular weight is 295 g/mol. The highest BCUT2D eigenvalue weighted by atomic mass is 16.5. The third kappa shape index (κ3) is 3.70. The van der Waals surface area contributed by atoms with E-state index in [2.05, 4.69) is 0 Å². The molecular formula is C17H13NO4. The number of nitriles is 1. The fraction of sp³-hybridized carbons (Fsp3) is 0.118. The first kappa shape index (κ1) is 15.3. The molecule has 0 amide bonds. The smallest absolute Gasteiger partial charge is 0.343 e. The molecule has 0 heterocycles. The molecular weight excluding hydrogens is 282 g/mol. The van der Waals surface area contributed by atoms with Crippen molar-refractivity contribution in [2.45, 2.75) is 6.92 Å². The van der Waals surface area contributed by atoms with Gasteiger partial charge in [-0.2, -0.15) is 5.26 Å². The Balaban J connectivity index is 2.29. The van der Waals surface area contributed by atoms with E-state index >= 15 is 0 Å². The van der Waals surface area contributed by atoms with Gasteiger partial charge in [0.25, 0.3) is 0 Å². The lowest BCUT2D eigenvalue weighted by Crippen LogP contribution is -2.11. The van der Waals surface area contributed by atoms with Crippen molar-refractivity contribution >= 4 is 11.8 Å². The molecule has 5 nitrogen and oxygen atoms in total. The van der Waals surface area contributed by atoms with Crippen molar-refractivity contribution in [3.63, 3.8) is 0 Å². The summed E-state index contributed by atoms with van der Waals surface area (Å²) in [5.74, 6) is -0.345. The number of rotatable bonds is 5. The van der Waals surface area contributed by atoms with Crippen molar-refractivity contribution in [3.05, 3.63) is 59.7 Å². The van der Waals surface area contributed by atoms with Gasteiger partial charge >= 0.3 is 5.97 Å². The Morgan fingerprint density at radius 2 is 1.86 bits per heavy atom. The Morgan fingerprint density at radius 3 is 2.50 bits per heavy atom. The van der Waals surface area contributed by atoms with Crippen LogP contribution >= 0.6 is 0 Å². The van der Waals surface area contributed by atoms with Gasteiger partial charge in [0, 0.05) is 6.07 Å². The van der Waals surface area contributed by atoms with E-state index in [1.54, 1.807) is 36.4 Å². The Kier molecular flexibility index (Phi) is 4.89. The third-order valence-electron chi connectivity index (χ3n) is 2.85. The molecule has 0 saturated heterocycles. The standard InChI is InChI=1S/C17H13NO4/c1-12(19)15-8-7-14(21-10-9-18)11-16(15)22-17(20)13-5-3-2-4-6-13/h2-8,11H,10H2,1H3. The molecule has 2 aromatic rings. The summed E-state index contributed by atoms with van der Waals surface area (Å²) in [7, 11) is 0. The fourth-order valence-corrected chi connectivity index (χ4v) is 1.82. The van der Waals surface area contributed by atoms with Crippen molar-refractivity contribution in [1.29, 1.82) is 5.26 Å². The number of benzene rings is 2. The van der Waals surface area contributed by atoms with Crippen LogP contribution in [0.25, 0.3) is 0 Å². The number of esters is 1. The van der Waals surface area contributed by atoms with Crippen molar-refractivity contribution in [2.24, 2.45) is 0 Å². The van der Waals surface area contributed by atoms with Crippen LogP contribution in [0.1, 0.15) is 27.6 Å². The van der Waals surface area contributed by atoms with E-state index in [0.29, 0.717) is 11.3 Å². The molecule has 0 aliphatic rings. The molecule has 0 aliphatic heterocycles. The minimum absolute atomic E-state index is 0.108. The van der Waals surface area contributed by atoms with Crippen molar-refractivity contribution < 1.29 is 19.1 Å². The summed E-state index contributed by atoms with van der Waals surface area (Å²) in [6, 6.07) is 14.8. The normalized spacial score (nSPS) is 9.64. The van der Waals surface area contributed by atoms with Crippen LogP contribution in [0.2, 0.25) is 0 Å². The van der Waals surface area contributed by atoms with E-state index in [1.165, 1.54) is 19.1 Å². The SMILES string of the molecule is CC(=O)c1ccc(OCC#N)cc1OC(=O)c1ccccc1. The Labute approximate surface area is 127 Å². The fourth-order valence-electron chi connectivity index (χ4n) is 1.82. The van der Waals surface area contributed by atoms with Gasteiger partial charge in [-0.3, -0.25) is 4.79 Å². The first-order chi connectivity index (χ1) is 10.6. The zero-order chi connectivity index (χ0) is 15.9. The third-order valence-corrected chi connectivity index (χ3v) is 2.85. The van der Waals surface area contributed by atoms with Gasteiger partial charge in [-0.1, -0.05) is 18.2 Å². The number of hydrogen-bond donors (Lipinski definition) is 0. The molecule has 0 atom stereocenters. The van der Waals surface area contributed by atoms with Crippen LogP contribution < -0.4 is 9.47 Å². The van der Waals surface area contributed by atoms with E-state index in [0.717, 1.165) is 0 Å². The van der Waals surface area contributed by atoms with Gasteiger partial charge in [0.05, 0.1) is 11.1 Å². The first-order valence-electron chi connectivity index (χ1n) is 6.54. The second-order valence-electron chi connectivity index (χ2n) is 4.42.